The molecule has 0 unspecified atom stereocenters. The van der Waals surface area contributed by atoms with E-state index in [-0.39, 0.29) is 17.6 Å². The number of aromatic nitrogens is 1. The highest BCUT2D eigenvalue weighted by atomic mass is 16.6. The number of ether oxygens (including phenoxy) is 5. The number of pyridine rings is 1. The predicted octanol–water partition coefficient (Wildman–Crippen LogP) is 3.71. The number of aliphatic hydroxyl groups is 1. The number of esters is 5. The Morgan fingerprint density at radius 2 is 1.51 bits per heavy atom. The molecule has 1 N–H and O–H groups in total. The van der Waals surface area contributed by atoms with Crippen LogP contribution in [0.4, 0.5) is 0 Å². The lowest BCUT2D eigenvalue weighted by Gasteiger charge is -2.44. The Kier molecular flexibility index (Phi) is 12.3. The van der Waals surface area contributed by atoms with Gasteiger partial charge in [-0.15, -0.1) is 0 Å². The number of hydrogen-bond acceptors (Lipinski definition) is 13. The van der Waals surface area contributed by atoms with E-state index in [0.29, 0.717) is 0 Å². The fourth-order valence-corrected chi connectivity index (χ4v) is 6.52. The van der Waals surface area contributed by atoms with Crippen LogP contribution < -0.4 is 0 Å². The maximum absolute atomic E-state index is 14.3. The standard InChI is InChI=1S/C36H47NO12/c1-18(2)33(42)48-27-20(4)16-36(44)26(27)28(45-22(6)38)21(5)29(46-23(7)39)30(49-34(43)25-12-11-15-37-17-25)32(47-24(8)40)35(9,10)14-13-19(3)31(36)41/h11-15,17-20,26-30,32,44H,5,16H2,1-4,6-10H3/t19-,20+,26-,27+,28+,29+,30-,32-,36-/m0/s1. The van der Waals surface area contributed by atoms with E-state index in [1.807, 2.05) is 0 Å². The van der Waals surface area contributed by atoms with Crippen molar-refractivity contribution in [1.29, 1.82) is 0 Å². The van der Waals surface area contributed by atoms with E-state index >= 15 is 0 Å². The Labute approximate surface area is 286 Å². The molecule has 3 rings (SSSR count). The topological polar surface area (TPSA) is 182 Å². The van der Waals surface area contributed by atoms with Crippen molar-refractivity contribution in [2.75, 3.05) is 0 Å². The molecule has 13 nitrogen and oxygen atoms in total. The first kappa shape index (κ1) is 39.1. The average Bonchev–Trinajstić information content (AvgIpc) is 3.27. The van der Waals surface area contributed by atoms with Crippen LogP contribution in [0.5, 0.6) is 0 Å². The highest BCUT2D eigenvalue weighted by Crippen LogP contribution is 2.49. The van der Waals surface area contributed by atoms with Gasteiger partial charge >= 0.3 is 29.8 Å². The smallest absolute Gasteiger partial charge is 0.340 e. The Balaban J connectivity index is 2.41. The lowest BCUT2D eigenvalue weighted by Crippen LogP contribution is -2.58. The van der Waals surface area contributed by atoms with Crippen molar-refractivity contribution < 1.29 is 57.6 Å². The third-order valence-corrected chi connectivity index (χ3v) is 8.88. The summed E-state index contributed by atoms with van der Waals surface area (Å²) in [6, 6.07) is 2.95. The van der Waals surface area contributed by atoms with Gasteiger partial charge in [-0.3, -0.25) is 29.0 Å². The number of carbonyl (C=O) groups is 6. The van der Waals surface area contributed by atoms with Crippen LogP contribution in [-0.4, -0.2) is 81.8 Å². The molecule has 49 heavy (non-hydrogen) atoms. The molecule has 0 bridgehead atoms. The molecule has 268 valence electrons. The van der Waals surface area contributed by atoms with E-state index in [2.05, 4.69) is 11.6 Å². The summed E-state index contributed by atoms with van der Waals surface area (Å²) in [6.07, 6.45) is -1.93. The average molecular weight is 686 g/mol. The second-order valence-electron chi connectivity index (χ2n) is 13.8. The van der Waals surface area contributed by atoms with E-state index in [9.17, 15) is 33.9 Å². The van der Waals surface area contributed by atoms with Gasteiger partial charge in [-0.25, -0.2) is 4.79 Å². The van der Waals surface area contributed by atoms with Crippen LogP contribution in [0.1, 0.15) is 79.1 Å². The molecular formula is C36H47NO12. The molecule has 1 heterocycles. The highest BCUT2D eigenvalue weighted by molar-refractivity contribution is 5.92. The Hall–Kier alpha value is -4.39. The van der Waals surface area contributed by atoms with E-state index in [1.54, 1.807) is 47.6 Å². The van der Waals surface area contributed by atoms with Gasteiger partial charge in [-0.2, -0.15) is 0 Å². The largest absolute Gasteiger partial charge is 0.461 e. The normalized spacial score (nSPS) is 31.4. The Bertz CT molecular complexity index is 1480. The molecular weight excluding hydrogens is 638 g/mol. The molecule has 13 heteroatoms. The molecule has 0 aliphatic heterocycles. The van der Waals surface area contributed by atoms with E-state index in [1.165, 1.54) is 30.6 Å². The zero-order chi connectivity index (χ0) is 37.0. The molecule has 1 fully saturated rings. The molecule has 2 aliphatic carbocycles. The van der Waals surface area contributed by atoms with E-state index in [0.717, 1.165) is 20.8 Å². The zero-order valence-electron chi connectivity index (χ0n) is 29.5. The van der Waals surface area contributed by atoms with Crippen LogP contribution in [0.2, 0.25) is 0 Å². The van der Waals surface area contributed by atoms with Gasteiger partial charge in [0.15, 0.2) is 24.1 Å². The van der Waals surface area contributed by atoms with Crippen molar-refractivity contribution in [3.8, 4) is 0 Å². The highest BCUT2D eigenvalue weighted by Gasteiger charge is 2.63. The van der Waals surface area contributed by atoms with Gasteiger partial charge in [0.1, 0.15) is 17.8 Å². The molecule has 1 aromatic rings. The fraction of sp³-hybridized carbons (Fsp3) is 0.583. The van der Waals surface area contributed by atoms with Crippen molar-refractivity contribution in [3.63, 3.8) is 0 Å². The van der Waals surface area contributed by atoms with Crippen LogP contribution in [0.15, 0.2) is 48.8 Å². The molecule has 1 saturated carbocycles. The van der Waals surface area contributed by atoms with Crippen molar-refractivity contribution in [3.05, 3.63) is 54.4 Å². The molecule has 1 aromatic heterocycles. The lowest BCUT2D eigenvalue weighted by molar-refractivity contribution is -0.181. The molecule has 9 atom stereocenters. The summed E-state index contributed by atoms with van der Waals surface area (Å²) < 4.78 is 29.3. The van der Waals surface area contributed by atoms with E-state index < -0.39 is 101 Å². The van der Waals surface area contributed by atoms with Crippen molar-refractivity contribution >= 4 is 35.6 Å². The van der Waals surface area contributed by atoms with Crippen molar-refractivity contribution in [2.24, 2.45) is 29.1 Å². The number of rotatable bonds is 7. The van der Waals surface area contributed by atoms with Crippen LogP contribution in [0, 0.1) is 29.1 Å². The number of Topliss-reactive ketones (excluding diaryl/α,β-unsaturated/α-hetero) is 1. The number of allylic oxidation sites excluding steroid dienone is 1. The monoisotopic (exact) mass is 685 g/mol. The minimum atomic E-state index is -2.24. The summed E-state index contributed by atoms with van der Waals surface area (Å²) >= 11 is 0. The summed E-state index contributed by atoms with van der Waals surface area (Å²) in [7, 11) is 0. The zero-order valence-corrected chi connectivity index (χ0v) is 29.5. The molecule has 0 spiro atoms. The maximum Gasteiger partial charge on any atom is 0.340 e. The van der Waals surface area contributed by atoms with E-state index in [4.69, 9.17) is 23.7 Å². The quantitative estimate of drug-likeness (QED) is 0.249. The summed E-state index contributed by atoms with van der Waals surface area (Å²) in [4.78, 5) is 82.9. The number of nitrogens with zero attached hydrogens (tertiary/aromatic N) is 1. The molecule has 2 aliphatic rings. The Morgan fingerprint density at radius 3 is 2.04 bits per heavy atom. The molecule has 0 saturated heterocycles. The predicted molar refractivity (Wildman–Crippen MR) is 173 cm³/mol. The molecule has 0 radical (unpaired) electrons. The third kappa shape index (κ3) is 8.80. The number of hydrogen-bond donors (Lipinski definition) is 1. The molecule has 0 amide bonds. The van der Waals surface area contributed by atoms with Gasteiger partial charge in [0.2, 0.25) is 0 Å². The van der Waals surface area contributed by atoms with Crippen LogP contribution >= 0.6 is 0 Å². The summed E-state index contributed by atoms with van der Waals surface area (Å²) in [6.45, 7) is 17.2. The number of fused-ring (bicyclic) bond motifs is 1. The van der Waals surface area contributed by atoms with Gasteiger partial charge < -0.3 is 28.8 Å². The SMILES string of the molecule is C=C1[C@@H](OC(C)=O)[C@H](OC(=O)c2cccnc2)[C@H](OC(C)=O)C(C)(C)C=C[C@H](C)C(=O)[C@]2(O)C[C@@H](C)[C@@H](OC(=O)C(C)C)[C@H]2[C@@H]1OC(C)=O. The van der Waals surface area contributed by atoms with Crippen LogP contribution in [0.25, 0.3) is 0 Å². The lowest BCUT2D eigenvalue weighted by atomic mass is 9.72. The second-order valence-corrected chi connectivity index (χ2v) is 13.8. The summed E-state index contributed by atoms with van der Waals surface area (Å²) in [5.74, 6) is -8.32. The summed E-state index contributed by atoms with van der Waals surface area (Å²) in [5.41, 5.74) is -3.67. The molecule has 0 aromatic carbocycles. The van der Waals surface area contributed by atoms with Gasteiger partial charge in [0.05, 0.1) is 17.4 Å². The fourth-order valence-electron chi connectivity index (χ4n) is 6.52. The minimum Gasteiger partial charge on any atom is -0.461 e. The van der Waals surface area contributed by atoms with Gasteiger partial charge in [0, 0.05) is 50.1 Å². The third-order valence-electron chi connectivity index (χ3n) is 8.88. The first-order chi connectivity index (χ1) is 22.7. The van der Waals surface area contributed by atoms with Gasteiger partial charge in [0.25, 0.3) is 0 Å². The van der Waals surface area contributed by atoms with Gasteiger partial charge in [-0.1, -0.05) is 60.3 Å². The van der Waals surface area contributed by atoms with Crippen LogP contribution in [0.3, 0.4) is 0 Å². The Morgan fingerprint density at radius 1 is 0.918 bits per heavy atom. The minimum absolute atomic E-state index is 0.0196. The summed E-state index contributed by atoms with van der Waals surface area (Å²) in [5, 5.41) is 12.4. The number of ketones is 1. The van der Waals surface area contributed by atoms with Gasteiger partial charge in [-0.05, 0) is 24.5 Å². The van der Waals surface area contributed by atoms with Crippen molar-refractivity contribution in [2.45, 2.75) is 105 Å². The second kappa shape index (κ2) is 15.4. The van der Waals surface area contributed by atoms with Crippen LogP contribution in [-0.2, 0) is 47.7 Å². The first-order valence-electron chi connectivity index (χ1n) is 16.2. The maximum atomic E-state index is 14.3. The number of carbonyl (C=O) groups excluding carboxylic acids is 6. The van der Waals surface area contributed by atoms with Crippen molar-refractivity contribution in [1.82, 2.24) is 4.98 Å². The first-order valence-corrected chi connectivity index (χ1v) is 16.2.